The van der Waals surface area contributed by atoms with Crippen LogP contribution in [0.25, 0.3) is 11.3 Å². The number of halogens is 2. The number of hydrogen-bond acceptors (Lipinski definition) is 7. The first-order chi connectivity index (χ1) is 18.3. The highest BCUT2D eigenvalue weighted by Crippen LogP contribution is 2.41. The van der Waals surface area contributed by atoms with Crippen LogP contribution in [0.1, 0.15) is 69.6 Å². The third-order valence-electron chi connectivity index (χ3n) is 7.26. The molecular formula is C30H35F2N3O4. The SMILES string of the molecule is CC(C)(O)CCN1CC(CC(=O)CC(C)(C)c2ccccn2)(CC(=O)c2cc(-c3ccc(F)cc3F)on2)C1. The Morgan fingerprint density at radius 3 is 2.46 bits per heavy atom. The average molecular weight is 540 g/mol. The molecule has 1 aliphatic rings. The Labute approximate surface area is 227 Å². The van der Waals surface area contributed by atoms with Crippen molar-refractivity contribution in [1.29, 1.82) is 0 Å². The van der Waals surface area contributed by atoms with Crippen molar-refractivity contribution in [3.05, 3.63) is 71.7 Å². The third-order valence-corrected chi connectivity index (χ3v) is 7.26. The van der Waals surface area contributed by atoms with E-state index in [1.807, 2.05) is 32.0 Å². The number of aliphatic hydroxyl groups is 1. The molecule has 1 saturated heterocycles. The minimum Gasteiger partial charge on any atom is -0.390 e. The van der Waals surface area contributed by atoms with Crippen molar-refractivity contribution in [1.82, 2.24) is 15.0 Å². The van der Waals surface area contributed by atoms with Crippen molar-refractivity contribution in [3.63, 3.8) is 0 Å². The molecule has 0 atom stereocenters. The molecule has 0 unspecified atom stereocenters. The Morgan fingerprint density at radius 2 is 1.82 bits per heavy atom. The van der Waals surface area contributed by atoms with Gasteiger partial charge >= 0.3 is 0 Å². The average Bonchev–Trinajstić information content (AvgIpc) is 3.31. The molecule has 0 bridgehead atoms. The number of hydrogen-bond donors (Lipinski definition) is 1. The highest BCUT2D eigenvalue weighted by molar-refractivity contribution is 5.96. The van der Waals surface area contributed by atoms with E-state index in [1.54, 1.807) is 20.0 Å². The first-order valence-electron chi connectivity index (χ1n) is 13.1. The fourth-order valence-electron chi connectivity index (χ4n) is 5.26. The van der Waals surface area contributed by atoms with Gasteiger partial charge in [0.2, 0.25) is 0 Å². The zero-order valence-electron chi connectivity index (χ0n) is 22.8. The quantitative estimate of drug-likeness (QED) is 0.309. The number of ketones is 2. The maximum absolute atomic E-state index is 14.2. The summed E-state index contributed by atoms with van der Waals surface area (Å²) in [4.78, 5) is 33.2. The van der Waals surface area contributed by atoms with Crippen LogP contribution in [0.5, 0.6) is 0 Å². The van der Waals surface area contributed by atoms with Gasteiger partial charge in [0.15, 0.2) is 11.5 Å². The van der Waals surface area contributed by atoms with Crippen LogP contribution in [0.15, 0.2) is 53.2 Å². The zero-order chi connectivity index (χ0) is 28.4. The van der Waals surface area contributed by atoms with E-state index in [9.17, 15) is 23.5 Å². The summed E-state index contributed by atoms with van der Waals surface area (Å²) < 4.78 is 32.7. The van der Waals surface area contributed by atoms with E-state index < -0.39 is 28.1 Å². The van der Waals surface area contributed by atoms with E-state index in [0.717, 1.165) is 17.8 Å². The van der Waals surface area contributed by atoms with E-state index in [4.69, 9.17) is 4.52 Å². The number of aromatic nitrogens is 2. The van der Waals surface area contributed by atoms with E-state index in [1.165, 1.54) is 12.1 Å². The van der Waals surface area contributed by atoms with Crippen LogP contribution < -0.4 is 0 Å². The van der Waals surface area contributed by atoms with Gasteiger partial charge in [-0.15, -0.1) is 0 Å². The molecule has 2 aromatic heterocycles. The van der Waals surface area contributed by atoms with E-state index in [0.29, 0.717) is 26.1 Å². The van der Waals surface area contributed by atoms with Crippen LogP contribution in [0, 0.1) is 17.0 Å². The number of rotatable bonds is 12. The molecular weight excluding hydrogens is 504 g/mol. The third kappa shape index (κ3) is 7.22. The normalized spacial score (nSPS) is 15.7. The fourth-order valence-corrected chi connectivity index (χ4v) is 5.26. The number of nitrogens with zero attached hydrogens (tertiary/aromatic N) is 3. The number of carbonyl (C=O) groups excluding carboxylic acids is 2. The smallest absolute Gasteiger partial charge is 0.185 e. The van der Waals surface area contributed by atoms with Gasteiger partial charge in [-0.3, -0.25) is 14.6 Å². The van der Waals surface area contributed by atoms with Gasteiger partial charge in [-0.05, 0) is 44.5 Å². The lowest BCUT2D eigenvalue weighted by molar-refractivity contribution is -0.126. The second kappa shape index (κ2) is 11.1. The highest BCUT2D eigenvalue weighted by Gasteiger charge is 2.46. The van der Waals surface area contributed by atoms with E-state index >= 15 is 0 Å². The van der Waals surface area contributed by atoms with Gasteiger partial charge < -0.3 is 14.5 Å². The van der Waals surface area contributed by atoms with Crippen LogP contribution in [0.3, 0.4) is 0 Å². The van der Waals surface area contributed by atoms with Crippen molar-refractivity contribution < 1.29 is 28.0 Å². The van der Waals surface area contributed by atoms with E-state index in [2.05, 4.69) is 15.0 Å². The van der Waals surface area contributed by atoms with Crippen LogP contribution in [-0.2, 0) is 10.2 Å². The lowest BCUT2D eigenvalue weighted by atomic mass is 9.69. The lowest BCUT2D eigenvalue weighted by Crippen LogP contribution is -2.58. The largest absolute Gasteiger partial charge is 0.390 e. The predicted molar refractivity (Wildman–Crippen MR) is 142 cm³/mol. The first-order valence-corrected chi connectivity index (χ1v) is 13.1. The molecule has 0 radical (unpaired) electrons. The second-order valence-electron chi connectivity index (χ2n) is 12.1. The van der Waals surface area contributed by atoms with Crippen LogP contribution in [0.4, 0.5) is 8.78 Å². The molecule has 0 spiro atoms. The van der Waals surface area contributed by atoms with Gasteiger partial charge in [0.05, 0.1) is 11.2 Å². The maximum atomic E-state index is 14.2. The highest BCUT2D eigenvalue weighted by atomic mass is 19.1. The Balaban J connectivity index is 1.48. The Bertz CT molecular complexity index is 1330. The summed E-state index contributed by atoms with van der Waals surface area (Å²) in [6, 6.07) is 10.1. The molecule has 39 heavy (non-hydrogen) atoms. The molecule has 0 amide bonds. The molecule has 9 heteroatoms. The summed E-state index contributed by atoms with van der Waals surface area (Å²) in [6.07, 6.45) is 2.83. The Hall–Kier alpha value is -3.30. The molecule has 3 aromatic rings. The Morgan fingerprint density at radius 1 is 1.08 bits per heavy atom. The molecule has 0 aliphatic carbocycles. The minimum atomic E-state index is -0.816. The van der Waals surface area contributed by atoms with Gasteiger partial charge in [-0.25, -0.2) is 8.78 Å². The molecule has 7 nitrogen and oxygen atoms in total. The van der Waals surface area contributed by atoms with Gasteiger partial charge in [0, 0.05) is 73.8 Å². The summed E-state index contributed by atoms with van der Waals surface area (Å²) in [5.41, 5.74) is -1.01. The predicted octanol–water partition coefficient (Wildman–Crippen LogP) is 5.38. The molecule has 208 valence electrons. The van der Waals surface area contributed by atoms with E-state index in [-0.39, 0.29) is 47.8 Å². The monoisotopic (exact) mass is 539 g/mol. The van der Waals surface area contributed by atoms with Crippen LogP contribution >= 0.6 is 0 Å². The van der Waals surface area contributed by atoms with Gasteiger partial charge in [0.25, 0.3) is 0 Å². The van der Waals surface area contributed by atoms with Crippen molar-refractivity contribution in [2.75, 3.05) is 19.6 Å². The summed E-state index contributed by atoms with van der Waals surface area (Å²) in [6.45, 7) is 9.16. The fraction of sp³-hybridized carbons (Fsp3) is 0.467. The summed E-state index contributed by atoms with van der Waals surface area (Å²) in [7, 11) is 0. The number of likely N-dealkylation sites (tertiary alicyclic amines) is 1. The number of benzene rings is 1. The molecule has 3 heterocycles. The topological polar surface area (TPSA) is 96.5 Å². The molecule has 1 N–H and O–H groups in total. The summed E-state index contributed by atoms with van der Waals surface area (Å²) in [5.74, 6) is -1.78. The molecule has 1 aliphatic heterocycles. The molecule has 4 rings (SSSR count). The first kappa shape index (κ1) is 28.7. The minimum absolute atomic E-state index is 0.00558. The second-order valence-corrected chi connectivity index (χ2v) is 12.1. The van der Waals surface area contributed by atoms with Gasteiger partial charge in [-0.1, -0.05) is 25.1 Å². The van der Waals surface area contributed by atoms with Crippen molar-refractivity contribution >= 4 is 11.6 Å². The van der Waals surface area contributed by atoms with Crippen LogP contribution in [-0.4, -0.2) is 56.9 Å². The maximum Gasteiger partial charge on any atom is 0.185 e. The molecule has 1 aromatic carbocycles. The molecule has 0 saturated carbocycles. The number of carbonyl (C=O) groups is 2. The lowest BCUT2D eigenvalue weighted by Gasteiger charge is -2.50. The standard InChI is InChI=1S/C30H35F2N3O4/c1-28(2,27-7-5-6-11-33-27)15-21(36)16-30(18-35(19-30)12-10-29(3,4)38)17-25(37)24-14-26(39-34-24)22-9-8-20(31)13-23(22)32/h5-9,11,13-14,38H,10,12,15-19H2,1-4H3. The van der Waals surface area contributed by atoms with Crippen molar-refractivity contribution in [2.45, 2.75) is 64.4 Å². The van der Waals surface area contributed by atoms with Crippen LogP contribution in [0.2, 0.25) is 0 Å². The number of Topliss-reactive ketones (excluding diaryl/α,β-unsaturated/α-hetero) is 2. The van der Waals surface area contributed by atoms with Crippen molar-refractivity contribution in [2.24, 2.45) is 5.41 Å². The summed E-state index contributed by atoms with van der Waals surface area (Å²) in [5, 5.41) is 14.0. The Kier molecular flexibility index (Phi) is 8.14. The van der Waals surface area contributed by atoms with Gasteiger partial charge in [0.1, 0.15) is 23.1 Å². The number of pyridine rings is 1. The molecule has 1 fully saturated rings. The van der Waals surface area contributed by atoms with Crippen molar-refractivity contribution in [3.8, 4) is 11.3 Å². The zero-order valence-corrected chi connectivity index (χ0v) is 22.8. The summed E-state index contributed by atoms with van der Waals surface area (Å²) >= 11 is 0. The van der Waals surface area contributed by atoms with Gasteiger partial charge in [-0.2, -0.15) is 0 Å².